The Bertz CT molecular complexity index is 1140. The van der Waals surface area contributed by atoms with E-state index in [0.29, 0.717) is 25.9 Å². The molecular formula is C23H26N2O4S. The van der Waals surface area contributed by atoms with E-state index >= 15 is 0 Å². The van der Waals surface area contributed by atoms with E-state index in [1.807, 2.05) is 42.6 Å². The van der Waals surface area contributed by atoms with E-state index in [1.54, 1.807) is 24.5 Å². The number of nitrogens with zero attached hydrogens (tertiary/aromatic N) is 2. The van der Waals surface area contributed by atoms with Crippen molar-refractivity contribution in [2.45, 2.75) is 25.9 Å². The Morgan fingerprint density at radius 2 is 1.90 bits per heavy atom. The molecule has 0 unspecified atom stereocenters. The van der Waals surface area contributed by atoms with Gasteiger partial charge in [0.15, 0.2) is 0 Å². The number of sulfonamides is 1. The number of aromatic nitrogens is 1. The third-order valence-corrected chi connectivity index (χ3v) is 7.46. The molecule has 0 saturated carbocycles. The van der Waals surface area contributed by atoms with Crippen molar-refractivity contribution in [2.75, 3.05) is 26.0 Å². The van der Waals surface area contributed by atoms with E-state index < -0.39 is 10.0 Å². The van der Waals surface area contributed by atoms with Crippen molar-refractivity contribution in [3.63, 3.8) is 0 Å². The van der Waals surface area contributed by atoms with E-state index in [0.717, 1.165) is 33.4 Å². The zero-order chi connectivity index (χ0) is 21.1. The maximum atomic E-state index is 12.1. The van der Waals surface area contributed by atoms with Crippen LogP contribution in [0.25, 0.3) is 21.9 Å². The van der Waals surface area contributed by atoms with Crippen molar-refractivity contribution < 1.29 is 17.9 Å². The minimum absolute atomic E-state index is 0.0303. The van der Waals surface area contributed by atoms with Gasteiger partial charge in [0.25, 0.3) is 0 Å². The lowest BCUT2D eigenvalue weighted by molar-refractivity contribution is 0.137. The van der Waals surface area contributed by atoms with Crippen molar-refractivity contribution in [1.29, 1.82) is 0 Å². The average molecular weight is 427 g/mol. The molecule has 1 saturated heterocycles. The van der Waals surface area contributed by atoms with Gasteiger partial charge in [0, 0.05) is 30.9 Å². The number of rotatable bonds is 6. The molecule has 3 aromatic rings. The number of piperidine rings is 1. The van der Waals surface area contributed by atoms with Crippen LogP contribution in [0.15, 0.2) is 54.9 Å². The first kappa shape index (κ1) is 20.6. The smallest absolute Gasteiger partial charge is 0.213 e. The van der Waals surface area contributed by atoms with Gasteiger partial charge in [-0.25, -0.2) is 12.7 Å². The molecule has 7 heteroatoms. The first-order chi connectivity index (χ1) is 14.5. The number of ether oxygens (including phenoxy) is 2. The molecule has 1 aliphatic heterocycles. The molecular weight excluding hydrogens is 400 g/mol. The second kappa shape index (κ2) is 8.62. The van der Waals surface area contributed by atoms with Crippen LogP contribution in [0.2, 0.25) is 0 Å². The number of fused-ring (bicyclic) bond motifs is 1. The van der Waals surface area contributed by atoms with Crippen LogP contribution >= 0.6 is 0 Å². The predicted octanol–water partition coefficient (Wildman–Crippen LogP) is 4.10. The summed E-state index contributed by atoms with van der Waals surface area (Å²) in [6, 6.07) is 14.1. The van der Waals surface area contributed by atoms with Crippen LogP contribution < -0.4 is 9.47 Å². The average Bonchev–Trinajstić information content (AvgIpc) is 2.79. The third-order valence-electron chi connectivity index (χ3n) is 5.57. The highest BCUT2D eigenvalue weighted by Gasteiger charge is 2.28. The molecule has 1 aliphatic rings. The molecule has 2 heterocycles. The zero-order valence-corrected chi connectivity index (χ0v) is 18.1. The number of pyridine rings is 1. The summed E-state index contributed by atoms with van der Waals surface area (Å²) in [7, 11) is -1.49. The van der Waals surface area contributed by atoms with Gasteiger partial charge < -0.3 is 9.47 Å². The highest BCUT2D eigenvalue weighted by atomic mass is 32.2. The molecule has 30 heavy (non-hydrogen) atoms. The first-order valence-corrected chi connectivity index (χ1v) is 11.8. The standard InChI is InChI=1S/C23H26N2O4S/c1-3-30(26,27)25-11-8-20(9-12-25)29-23-15-19(13-18-7-10-24-16-22(18)23)17-5-4-6-21(14-17)28-2/h4-7,10,13-16,20H,3,8-9,11-12H2,1-2H3. The lowest BCUT2D eigenvalue weighted by Crippen LogP contribution is -2.42. The van der Waals surface area contributed by atoms with Gasteiger partial charge in [0.05, 0.1) is 12.9 Å². The molecule has 6 nitrogen and oxygen atoms in total. The summed E-state index contributed by atoms with van der Waals surface area (Å²) >= 11 is 0. The van der Waals surface area contributed by atoms with Crippen LogP contribution in [0.4, 0.5) is 0 Å². The van der Waals surface area contributed by atoms with E-state index in [-0.39, 0.29) is 11.9 Å². The number of hydrogen-bond donors (Lipinski definition) is 0. The molecule has 0 atom stereocenters. The second-order valence-electron chi connectivity index (χ2n) is 7.42. The largest absolute Gasteiger partial charge is 0.497 e. The minimum atomic E-state index is -3.15. The van der Waals surface area contributed by atoms with Gasteiger partial charge in [-0.1, -0.05) is 12.1 Å². The van der Waals surface area contributed by atoms with E-state index in [1.165, 1.54) is 0 Å². The maximum Gasteiger partial charge on any atom is 0.213 e. The first-order valence-electron chi connectivity index (χ1n) is 10.2. The third kappa shape index (κ3) is 4.27. The summed E-state index contributed by atoms with van der Waals surface area (Å²) < 4.78 is 37.6. The highest BCUT2D eigenvalue weighted by Crippen LogP contribution is 2.35. The number of methoxy groups -OCH3 is 1. The quantitative estimate of drug-likeness (QED) is 0.594. The predicted molar refractivity (Wildman–Crippen MR) is 118 cm³/mol. The summed E-state index contributed by atoms with van der Waals surface area (Å²) in [5.74, 6) is 1.71. The van der Waals surface area contributed by atoms with Gasteiger partial charge in [0.2, 0.25) is 10.0 Å². The molecule has 0 bridgehead atoms. The number of hydrogen-bond acceptors (Lipinski definition) is 5. The van der Waals surface area contributed by atoms with Crippen molar-refractivity contribution in [3.8, 4) is 22.6 Å². The monoisotopic (exact) mass is 426 g/mol. The van der Waals surface area contributed by atoms with Gasteiger partial charge in [-0.05, 0) is 66.6 Å². The molecule has 0 radical (unpaired) electrons. The van der Waals surface area contributed by atoms with E-state index in [4.69, 9.17) is 9.47 Å². The lowest BCUT2D eigenvalue weighted by Gasteiger charge is -2.31. The molecule has 0 amide bonds. The van der Waals surface area contributed by atoms with Crippen molar-refractivity contribution in [2.24, 2.45) is 0 Å². The summed E-state index contributed by atoms with van der Waals surface area (Å²) in [6.45, 7) is 2.67. The summed E-state index contributed by atoms with van der Waals surface area (Å²) in [5.41, 5.74) is 2.08. The SMILES string of the molecule is CCS(=O)(=O)N1CCC(Oc2cc(-c3cccc(OC)c3)cc3ccncc23)CC1. The van der Waals surface area contributed by atoms with Gasteiger partial charge in [-0.2, -0.15) is 0 Å². The van der Waals surface area contributed by atoms with Crippen LogP contribution in [-0.4, -0.2) is 49.8 Å². The molecule has 2 aromatic carbocycles. The summed E-state index contributed by atoms with van der Waals surface area (Å²) in [4.78, 5) is 4.26. The van der Waals surface area contributed by atoms with Gasteiger partial charge >= 0.3 is 0 Å². The van der Waals surface area contributed by atoms with Crippen LogP contribution in [0, 0.1) is 0 Å². The summed E-state index contributed by atoms with van der Waals surface area (Å²) in [5, 5.41) is 2.00. The highest BCUT2D eigenvalue weighted by molar-refractivity contribution is 7.89. The maximum absolute atomic E-state index is 12.1. The van der Waals surface area contributed by atoms with E-state index in [9.17, 15) is 8.42 Å². The number of benzene rings is 2. The molecule has 4 rings (SSSR count). The van der Waals surface area contributed by atoms with Crippen LogP contribution in [0.1, 0.15) is 19.8 Å². The Morgan fingerprint density at radius 3 is 2.63 bits per heavy atom. The van der Waals surface area contributed by atoms with Crippen LogP contribution in [-0.2, 0) is 10.0 Å². The fourth-order valence-electron chi connectivity index (χ4n) is 3.82. The summed E-state index contributed by atoms with van der Waals surface area (Å²) in [6.07, 6.45) is 4.90. The molecule has 158 valence electrons. The molecule has 0 N–H and O–H groups in total. The Kier molecular flexibility index (Phi) is 5.92. The van der Waals surface area contributed by atoms with E-state index in [2.05, 4.69) is 11.1 Å². The minimum Gasteiger partial charge on any atom is -0.497 e. The van der Waals surface area contributed by atoms with Crippen LogP contribution in [0.5, 0.6) is 11.5 Å². The second-order valence-corrected chi connectivity index (χ2v) is 9.68. The topological polar surface area (TPSA) is 68.7 Å². The van der Waals surface area contributed by atoms with Crippen molar-refractivity contribution >= 4 is 20.8 Å². The molecule has 0 aliphatic carbocycles. The van der Waals surface area contributed by atoms with Gasteiger partial charge in [-0.3, -0.25) is 4.98 Å². The van der Waals surface area contributed by atoms with Gasteiger partial charge in [0.1, 0.15) is 17.6 Å². The molecule has 0 spiro atoms. The zero-order valence-electron chi connectivity index (χ0n) is 17.2. The fraction of sp³-hybridized carbons (Fsp3) is 0.348. The Hall–Kier alpha value is -2.64. The van der Waals surface area contributed by atoms with Crippen LogP contribution in [0.3, 0.4) is 0 Å². The lowest BCUT2D eigenvalue weighted by atomic mass is 10.0. The normalized spacial score (nSPS) is 15.9. The Morgan fingerprint density at radius 1 is 1.10 bits per heavy atom. The molecule has 1 fully saturated rings. The Balaban J connectivity index is 1.62. The molecule has 1 aromatic heterocycles. The Labute approximate surface area is 177 Å². The fourth-order valence-corrected chi connectivity index (χ4v) is 4.95. The van der Waals surface area contributed by atoms with Crippen molar-refractivity contribution in [3.05, 3.63) is 54.9 Å². The van der Waals surface area contributed by atoms with Crippen molar-refractivity contribution in [1.82, 2.24) is 9.29 Å². The van der Waals surface area contributed by atoms with Gasteiger partial charge in [-0.15, -0.1) is 0 Å².